The molecule has 0 aliphatic carbocycles. The summed E-state index contributed by atoms with van der Waals surface area (Å²) in [5, 5.41) is 7.05. The van der Waals surface area contributed by atoms with Gasteiger partial charge in [-0.25, -0.2) is 0 Å². The Hall–Kier alpha value is -4.69. The van der Waals surface area contributed by atoms with E-state index in [2.05, 4.69) is 146 Å². The van der Waals surface area contributed by atoms with Crippen LogP contribution in [0.1, 0.15) is 0 Å². The quantitative estimate of drug-likeness (QED) is 0.174. The predicted molar refractivity (Wildman–Crippen MR) is 182 cm³/mol. The fraction of sp³-hybridized carbons (Fsp3) is 0.0526. The molecule has 43 heavy (non-hydrogen) atoms. The van der Waals surface area contributed by atoms with Gasteiger partial charge in [-0.2, -0.15) is 0 Å². The van der Waals surface area contributed by atoms with Crippen LogP contribution < -0.4 is 40.6 Å². The fourth-order valence-electron chi connectivity index (χ4n) is 5.93. The molecule has 0 aliphatic heterocycles. The highest BCUT2D eigenvalue weighted by atomic mass is 28.4. The lowest BCUT2D eigenvalue weighted by atomic mass is 10.3. The van der Waals surface area contributed by atoms with E-state index >= 15 is 0 Å². The van der Waals surface area contributed by atoms with Crippen LogP contribution in [-0.2, 0) is 4.12 Å². The van der Waals surface area contributed by atoms with Crippen LogP contribution in [0.2, 0.25) is 0 Å². The van der Waals surface area contributed by atoms with E-state index in [0.29, 0.717) is 0 Å². The van der Waals surface area contributed by atoms with Crippen molar-refractivity contribution < 1.29 is 13.6 Å². The summed E-state index contributed by atoms with van der Waals surface area (Å²) in [5.74, 6) is 1.63. The summed E-state index contributed by atoms with van der Waals surface area (Å²) in [6.07, 6.45) is 0. The smallest absolute Gasteiger partial charge is 0.278 e. The standard InChI is InChI=1S/C38H34O3Si2/c1-39-31-23-27-37(28-24-31)42(33-15-7-3-8-16-33,34-17-9-4-10-18-34)41-43(35-19-11-5-12-20-35,36-21-13-6-14-22-36)38-29-25-32(40-2)26-30-38/h3-30H,1-2H3. The van der Waals surface area contributed by atoms with Crippen molar-refractivity contribution >= 4 is 47.8 Å². The van der Waals surface area contributed by atoms with Crippen LogP contribution in [0.15, 0.2) is 170 Å². The van der Waals surface area contributed by atoms with E-state index in [9.17, 15) is 0 Å². The van der Waals surface area contributed by atoms with Crippen LogP contribution in [-0.4, -0.2) is 30.9 Å². The molecule has 0 amide bonds. The average Bonchev–Trinajstić information content (AvgIpc) is 3.11. The van der Waals surface area contributed by atoms with Crippen LogP contribution in [0.3, 0.4) is 0 Å². The lowest BCUT2D eigenvalue weighted by Crippen LogP contribution is -2.81. The lowest BCUT2D eigenvalue weighted by molar-refractivity contribution is 0.415. The zero-order valence-electron chi connectivity index (χ0n) is 24.4. The summed E-state index contributed by atoms with van der Waals surface area (Å²) < 4.78 is 19.5. The number of benzene rings is 6. The van der Waals surface area contributed by atoms with E-state index in [1.165, 1.54) is 20.7 Å². The Bertz CT molecular complexity index is 1520. The van der Waals surface area contributed by atoms with E-state index in [1.807, 2.05) is 24.3 Å². The molecule has 0 spiro atoms. The average molecular weight is 595 g/mol. The van der Waals surface area contributed by atoms with E-state index in [0.717, 1.165) is 21.9 Å². The maximum Gasteiger partial charge on any atom is 0.278 e. The fourth-order valence-corrected chi connectivity index (χ4v) is 16.5. The molecule has 0 unspecified atom stereocenters. The molecule has 0 saturated heterocycles. The van der Waals surface area contributed by atoms with Gasteiger partial charge < -0.3 is 13.6 Å². The highest BCUT2D eigenvalue weighted by Crippen LogP contribution is 2.21. The van der Waals surface area contributed by atoms with Gasteiger partial charge in [-0.3, -0.25) is 0 Å². The zero-order valence-corrected chi connectivity index (χ0v) is 26.4. The predicted octanol–water partition coefficient (Wildman–Crippen LogP) is 4.35. The Morgan fingerprint density at radius 2 is 0.535 bits per heavy atom. The number of ether oxygens (including phenoxy) is 2. The summed E-state index contributed by atoms with van der Waals surface area (Å²) in [6, 6.07) is 60.0. The van der Waals surface area contributed by atoms with E-state index in [4.69, 9.17) is 13.6 Å². The SMILES string of the molecule is COc1ccc([Si](O[Si](c2ccccc2)(c2ccccc2)c2ccc(OC)cc2)(c2ccccc2)c2ccccc2)cc1. The molecular formula is C38H34O3Si2. The first-order valence-electron chi connectivity index (χ1n) is 14.4. The minimum atomic E-state index is -3.19. The van der Waals surface area contributed by atoms with Crippen molar-refractivity contribution in [1.29, 1.82) is 0 Å². The second-order valence-corrected chi connectivity index (χ2v) is 17.4. The number of hydrogen-bond acceptors (Lipinski definition) is 3. The van der Waals surface area contributed by atoms with Crippen molar-refractivity contribution in [3.8, 4) is 11.5 Å². The molecule has 0 atom stereocenters. The maximum absolute atomic E-state index is 8.29. The van der Waals surface area contributed by atoms with Crippen LogP contribution in [0.5, 0.6) is 11.5 Å². The topological polar surface area (TPSA) is 27.7 Å². The second kappa shape index (κ2) is 12.7. The summed E-state index contributed by atoms with van der Waals surface area (Å²) >= 11 is 0. The normalized spacial score (nSPS) is 11.6. The third-order valence-electron chi connectivity index (χ3n) is 8.02. The highest BCUT2D eigenvalue weighted by Gasteiger charge is 2.52. The zero-order chi connectivity index (χ0) is 29.5. The highest BCUT2D eigenvalue weighted by molar-refractivity contribution is 7.18. The van der Waals surface area contributed by atoms with Crippen LogP contribution in [0.25, 0.3) is 0 Å². The number of rotatable bonds is 10. The monoisotopic (exact) mass is 594 g/mol. The van der Waals surface area contributed by atoms with Crippen molar-refractivity contribution in [2.75, 3.05) is 14.2 Å². The molecule has 0 saturated carbocycles. The van der Waals surface area contributed by atoms with Crippen molar-refractivity contribution in [1.82, 2.24) is 0 Å². The minimum absolute atomic E-state index is 0.817. The van der Waals surface area contributed by atoms with Crippen molar-refractivity contribution in [3.05, 3.63) is 170 Å². The number of methoxy groups -OCH3 is 2. The van der Waals surface area contributed by atoms with Crippen LogP contribution >= 0.6 is 0 Å². The first kappa shape index (κ1) is 28.4. The van der Waals surface area contributed by atoms with Crippen LogP contribution in [0.4, 0.5) is 0 Å². The molecule has 0 heterocycles. The van der Waals surface area contributed by atoms with Gasteiger partial charge in [0.05, 0.1) is 14.2 Å². The van der Waals surface area contributed by atoms with Gasteiger partial charge in [0.2, 0.25) is 0 Å². The van der Waals surface area contributed by atoms with Gasteiger partial charge in [0, 0.05) is 0 Å². The number of hydrogen-bond donors (Lipinski definition) is 0. The van der Waals surface area contributed by atoms with Crippen molar-refractivity contribution in [2.45, 2.75) is 0 Å². The van der Waals surface area contributed by atoms with E-state index < -0.39 is 16.6 Å². The maximum atomic E-state index is 8.29. The van der Waals surface area contributed by atoms with Gasteiger partial charge >= 0.3 is 0 Å². The summed E-state index contributed by atoms with van der Waals surface area (Å²) in [4.78, 5) is 0. The first-order chi connectivity index (χ1) is 21.2. The molecule has 0 bridgehead atoms. The molecule has 6 aromatic carbocycles. The largest absolute Gasteiger partial charge is 0.497 e. The molecule has 6 rings (SSSR count). The Labute approximate surface area is 256 Å². The van der Waals surface area contributed by atoms with Gasteiger partial charge in [-0.05, 0) is 55.4 Å². The lowest BCUT2D eigenvalue weighted by Gasteiger charge is -2.44. The Kier molecular flexibility index (Phi) is 8.38. The van der Waals surface area contributed by atoms with Crippen LogP contribution in [0, 0.1) is 0 Å². The van der Waals surface area contributed by atoms with Crippen molar-refractivity contribution in [2.24, 2.45) is 0 Å². The third kappa shape index (κ3) is 5.34. The molecular weight excluding hydrogens is 561 g/mol. The summed E-state index contributed by atoms with van der Waals surface area (Å²) in [6.45, 7) is 0. The molecule has 0 aliphatic rings. The van der Waals surface area contributed by atoms with Crippen molar-refractivity contribution in [3.63, 3.8) is 0 Å². The molecule has 0 radical (unpaired) electrons. The first-order valence-corrected chi connectivity index (χ1v) is 18.2. The third-order valence-corrected chi connectivity index (χ3v) is 17.3. The molecule has 5 heteroatoms. The molecule has 0 N–H and O–H groups in total. The second-order valence-electron chi connectivity index (χ2n) is 10.4. The van der Waals surface area contributed by atoms with E-state index in [-0.39, 0.29) is 0 Å². The molecule has 0 fully saturated rings. The van der Waals surface area contributed by atoms with Gasteiger partial charge in [-0.15, -0.1) is 0 Å². The van der Waals surface area contributed by atoms with Gasteiger partial charge in [0.15, 0.2) is 0 Å². The van der Waals surface area contributed by atoms with Gasteiger partial charge in [0.1, 0.15) is 11.5 Å². The summed E-state index contributed by atoms with van der Waals surface area (Å²) in [5.41, 5.74) is 0. The van der Waals surface area contributed by atoms with Gasteiger partial charge in [-0.1, -0.05) is 146 Å². The molecule has 6 aromatic rings. The molecule has 0 aromatic heterocycles. The Balaban J connectivity index is 1.75. The van der Waals surface area contributed by atoms with E-state index in [1.54, 1.807) is 14.2 Å². The molecule has 3 nitrogen and oxygen atoms in total. The summed E-state index contributed by atoms with van der Waals surface area (Å²) in [7, 11) is -2.97. The minimum Gasteiger partial charge on any atom is -0.497 e. The van der Waals surface area contributed by atoms with Gasteiger partial charge in [0.25, 0.3) is 16.6 Å². The Morgan fingerprint density at radius 3 is 0.767 bits per heavy atom. The molecule has 212 valence electrons. The Morgan fingerprint density at radius 1 is 0.302 bits per heavy atom.